The minimum absolute atomic E-state index is 0.0934. The lowest BCUT2D eigenvalue weighted by Gasteiger charge is -2.26. The van der Waals surface area contributed by atoms with Gasteiger partial charge in [-0.3, -0.25) is 9.59 Å². The Morgan fingerprint density at radius 3 is 2.96 bits per heavy atom. The van der Waals surface area contributed by atoms with Crippen LogP contribution in [0.4, 0.5) is 4.39 Å². The molecule has 0 saturated carbocycles. The lowest BCUT2D eigenvalue weighted by molar-refractivity contribution is -0.121. The summed E-state index contributed by atoms with van der Waals surface area (Å²) in [7, 11) is 1.40. The number of carbonyl (C=O) groups is 1. The van der Waals surface area contributed by atoms with Crippen molar-refractivity contribution in [3.8, 4) is 5.75 Å². The molecule has 2 N–H and O–H groups in total. The molecule has 0 bridgehead atoms. The quantitative estimate of drug-likeness (QED) is 0.903. The van der Waals surface area contributed by atoms with E-state index in [1.54, 1.807) is 12.1 Å². The van der Waals surface area contributed by atoms with Crippen molar-refractivity contribution in [1.82, 2.24) is 10.3 Å². The van der Waals surface area contributed by atoms with E-state index in [1.165, 1.54) is 25.3 Å². The van der Waals surface area contributed by atoms with Gasteiger partial charge in [0.05, 0.1) is 19.6 Å². The topological polar surface area (TPSA) is 71.2 Å². The Hall–Kier alpha value is -2.63. The summed E-state index contributed by atoms with van der Waals surface area (Å²) in [6.07, 6.45) is 2.62. The van der Waals surface area contributed by atoms with Crippen molar-refractivity contribution < 1.29 is 13.9 Å². The number of hydrogen-bond donors (Lipinski definition) is 2. The first-order chi connectivity index (χ1) is 11.6. The van der Waals surface area contributed by atoms with E-state index in [0.29, 0.717) is 5.56 Å². The number of pyridine rings is 1. The van der Waals surface area contributed by atoms with Crippen LogP contribution in [0.15, 0.2) is 35.1 Å². The highest BCUT2D eigenvalue weighted by Gasteiger charge is 2.22. The smallest absolute Gasteiger partial charge is 0.248 e. The maximum Gasteiger partial charge on any atom is 0.248 e. The molecule has 0 saturated heterocycles. The molecule has 1 atom stereocenters. The van der Waals surface area contributed by atoms with E-state index < -0.39 is 5.82 Å². The van der Waals surface area contributed by atoms with Gasteiger partial charge in [0.25, 0.3) is 0 Å². The standard InChI is InChI=1S/C18H19FN2O3/c1-24-16-7-5-11(9-13(16)19)10-18(23)21-15-4-2-3-14-12(15)6-8-17(22)20-14/h5-9,15H,2-4,10H2,1H3,(H,20,22)(H,21,23). The van der Waals surface area contributed by atoms with Crippen LogP contribution < -0.4 is 15.6 Å². The number of aromatic nitrogens is 1. The van der Waals surface area contributed by atoms with Gasteiger partial charge in [0.2, 0.25) is 11.5 Å². The number of amides is 1. The third kappa shape index (κ3) is 3.48. The molecule has 1 aromatic carbocycles. The zero-order valence-electron chi connectivity index (χ0n) is 13.4. The highest BCUT2D eigenvalue weighted by molar-refractivity contribution is 5.79. The first-order valence-corrected chi connectivity index (χ1v) is 7.90. The van der Waals surface area contributed by atoms with Crippen LogP contribution in [0.5, 0.6) is 5.75 Å². The summed E-state index contributed by atoms with van der Waals surface area (Å²) in [5.41, 5.74) is 2.29. The number of rotatable bonds is 4. The van der Waals surface area contributed by atoms with Crippen LogP contribution in [0.3, 0.4) is 0 Å². The Morgan fingerprint density at radius 1 is 1.38 bits per heavy atom. The Morgan fingerprint density at radius 2 is 2.21 bits per heavy atom. The van der Waals surface area contributed by atoms with Crippen molar-refractivity contribution in [2.45, 2.75) is 31.7 Å². The first kappa shape index (κ1) is 16.2. The van der Waals surface area contributed by atoms with Gasteiger partial charge in [-0.2, -0.15) is 0 Å². The van der Waals surface area contributed by atoms with E-state index in [1.807, 2.05) is 0 Å². The molecule has 126 valence electrons. The number of halogens is 1. The van der Waals surface area contributed by atoms with Gasteiger partial charge in [-0.25, -0.2) is 4.39 Å². The Kier molecular flexibility index (Phi) is 4.64. The molecule has 0 radical (unpaired) electrons. The second-order valence-electron chi connectivity index (χ2n) is 5.91. The average molecular weight is 330 g/mol. The fourth-order valence-electron chi connectivity index (χ4n) is 3.10. The molecule has 1 aromatic heterocycles. The fourth-order valence-corrected chi connectivity index (χ4v) is 3.10. The molecule has 2 aromatic rings. The SMILES string of the molecule is COc1ccc(CC(=O)NC2CCCc3[nH]c(=O)ccc32)cc1F. The average Bonchev–Trinajstić information content (AvgIpc) is 2.55. The number of ether oxygens (including phenoxy) is 1. The molecular formula is C18H19FN2O3. The lowest BCUT2D eigenvalue weighted by atomic mass is 9.91. The van der Waals surface area contributed by atoms with E-state index in [9.17, 15) is 14.0 Å². The summed E-state index contributed by atoms with van der Waals surface area (Å²) in [4.78, 5) is 26.5. The number of aromatic amines is 1. The molecule has 0 aliphatic heterocycles. The number of hydrogen-bond acceptors (Lipinski definition) is 3. The van der Waals surface area contributed by atoms with Crippen LogP contribution >= 0.6 is 0 Å². The molecule has 0 fully saturated rings. The van der Waals surface area contributed by atoms with Gasteiger partial charge < -0.3 is 15.0 Å². The number of benzene rings is 1. The van der Waals surface area contributed by atoms with Crippen molar-refractivity contribution in [2.75, 3.05) is 7.11 Å². The van der Waals surface area contributed by atoms with Crippen molar-refractivity contribution in [3.63, 3.8) is 0 Å². The highest BCUT2D eigenvalue weighted by Crippen LogP contribution is 2.27. The van der Waals surface area contributed by atoms with Crippen molar-refractivity contribution >= 4 is 5.91 Å². The third-order valence-electron chi connectivity index (χ3n) is 4.25. The van der Waals surface area contributed by atoms with Gasteiger partial charge in [-0.05, 0) is 48.6 Å². The largest absolute Gasteiger partial charge is 0.494 e. The predicted molar refractivity (Wildman–Crippen MR) is 87.5 cm³/mol. The van der Waals surface area contributed by atoms with Gasteiger partial charge >= 0.3 is 0 Å². The van der Waals surface area contributed by atoms with E-state index in [4.69, 9.17) is 4.74 Å². The lowest BCUT2D eigenvalue weighted by Crippen LogP contribution is -2.33. The molecule has 5 nitrogen and oxygen atoms in total. The second kappa shape index (κ2) is 6.86. The molecule has 0 spiro atoms. The van der Waals surface area contributed by atoms with E-state index in [-0.39, 0.29) is 29.7 Å². The van der Waals surface area contributed by atoms with Gasteiger partial charge in [0, 0.05) is 11.8 Å². The molecule has 24 heavy (non-hydrogen) atoms. The summed E-state index contributed by atoms with van der Waals surface area (Å²) < 4.78 is 18.6. The van der Waals surface area contributed by atoms with Crippen LogP contribution in [0.2, 0.25) is 0 Å². The molecule has 3 rings (SSSR count). The maximum absolute atomic E-state index is 13.7. The molecule has 1 amide bonds. The third-order valence-corrected chi connectivity index (χ3v) is 4.25. The molecule has 1 heterocycles. The minimum atomic E-state index is -0.483. The number of fused-ring (bicyclic) bond motifs is 1. The highest BCUT2D eigenvalue weighted by atomic mass is 19.1. The van der Waals surface area contributed by atoms with E-state index in [2.05, 4.69) is 10.3 Å². The maximum atomic E-state index is 13.7. The zero-order chi connectivity index (χ0) is 17.1. The normalized spacial score (nSPS) is 16.3. The Bertz CT molecular complexity index is 816. The molecule has 1 aliphatic rings. The van der Waals surface area contributed by atoms with Gasteiger partial charge in [0.15, 0.2) is 11.6 Å². The van der Waals surface area contributed by atoms with E-state index in [0.717, 1.165) is 30.5 Å². The summed E-state index contributed by atoms with van der Waals surface area (Å²) in [6, 6.07) is 7.62. The van der Waals surface area contributed by atoms with Gasteiger partial charge in [-0.15, -0.1) is 0 Å². The monoisotopic (exact) mass is 330 g/mol. The van der Waals surface area contributed by atoms with Crippen molar-refractivity contribution in [2.24, 2.45) is 0 Å². The zero-order valence-corrected chi connectivity index (χ0v) is 13.4. The Labute approximate surface area is 138 Å². The predicted octanol–water partition coefficient (Wildman–Crippen LogP) is 2.26. The van der Waals surface area contributed by atoms with Crippen molar-refractivity contribution in [3.05, 3.63) is 63.3 Å². The number of methoxy groups -OCH3 is 1. The van der Waals surface area contributed by atoms with Gasteiger partial charge in [0.1, 0.15) is 0 Å². The van der Waals surface area contributed by atoms with Crippen molar-refractivity contribution in [1.29, 1.82) is 0 Å². The van der Waals surface area contributed by atoms with Crippen LogP contribution in [-0.4, -0.2) is 18.0 Å². The number of aryl methyl sites for hydroxylation is 1. The Balaban J connectivity index is 1.70. The van der Waals surface area contributed by atoms with Crippen LogP contribution in [0.25, 0.3) is 0 Å². The molecule has 1 unspecified atom stereocenters. The number of carbonyl (C=O) groups excluding carboxylic acids is 1. The summed E-state index contributed by atoms with van der Waals surface area (Å²) in [6.45, 7) is 0. The van der Waals surface area contributed by atoms with Crippen LogP contribution in [0.1, 0.15) is 35.7 Å². The summed E-state index contributed by atoms with van der Waals surface area (Å²) in [5.74, 6) is -0.503. The summed E-state index contributed by atoms with van der Waals surface area (Å²) in [5, 5.41) is 2.98. The molecule has 1 aliphatic carbocycles. The second-order valence-corrected chi connectivity index (χ2v) is 5.91. The fraction of sp³-hybridized carbons (Fsp3) is 0.333. The van der Waals surface area contributed by atoms with E-state index >= 15 is 0 Å². The summed E-state index contributed by atoms with van der Waals surface area (Å²) >= 11 is 0. The molecular weight excluding hydrogens is 311 g/mol. The first-order valence-electron chi connectivity index (χ1n) is 7.90. The number of nitrogens with one attached hydrogen (secondary N) is 2. The van der Waals surface area contributed by atoms with Crippen LogP contribution in [-0.2, 0) is 17.6 Å². The molecule has 6 heteroatoms. The van der Waals surface area contributed by atoms with Gasteiger partial charge in [-0.1, -0.05) is 6.07 Å². The minimum Gasteiger partial charge on any atom is -0.494 e. The number of H-pyrrole nitrogens is 1. The van der Waals surface area contributed by atoms with Crippen LogP contribution in [0, 0.1) is 5.82 Å².